The van der Waals surface area contributed by atoms with Crippen molar-refractivity contribution in [3.8, 4) is 5.69 Å². The van der Waals surface area contributed by atoms with E-state index in [0.717, 1.165) is 37.0 Å². The second kappa shape index (κ2) is 6.73. The van der Waals surface area contributed by atoms with Crippen LogP contribution in [0.15, 0.2) is 60.8 Å². The number of nitrogens with zero attached hydrogens (tertiary/aromatic N) is 2. The van der Waals surface area contributed by atoms with E-state index in [-0.39, 0.29) is 6.04 Å². The van der Waals surface area contributed by atoms with Crippen LogP contribution < -0.4 is 0 Å². The van der Waals surface area contributed by atoms with Crippen LogP contribution in [0.3, 0.4) is 0 Å². The molecule has 0 saturated carbocycles. The number of benzene rings is 2. The molecule has 1 aromatic heterocycles. The lowest BCUT2D eigenvalue weighted by molar-refractivity contribution is -0.144. The van der Waals surface area contributed by atoms with Crippen LogP contribution >= 0.6 is 0 Å². The van der Waals surface area contributed by atoms with Crippen molar-refractivity contribution in [3.05, 3.63) is 66.4 Å². The topological polar surface area (TPSA) is 45.5 Å². The first-order chi connectivity index (χ1) is 12.2. The molecular weight excluding hydrogens is 312 g/mol. The number of aliphatic carboxylic acids is 1. The molecule has 4 rings (SSSR count). The Morgan fingerprint density at radius 1 is 1.04 bits per heavy atom. The summed E-state index contributed by atoms with van der Waals surface area (Å²) in [6.45, 7) is 1.53. The van der Waals surface area contributed by atoms with E-state index in [1.807, 2.05) is 30.3 Å². The standard InChI is InChI=1S/C21H22N2O2/c24-21(25)20-12-6-7-13-22(20)14-16-15-23(17-8-2-1-3-9-17)19-11-5-4-10-18(16)19/h1-5,8-11,15,20H,6-7,12-14H2,(H,24,25). The summed E-state index contributed by atoms with van der Waals surface area (Å²) in [5.41, 5.74) is 3.47. The van der Waals surface area contributed by atoms with Gasteiger partial charge in [-0.1, -0.05) is 42.8 Å². The van der Waals surface area contributed by atoms with E-state index in [4.69, 9.17) is 0 Å². The van der Waals surface area contributed by atoms with Crippen molar-refractivity contribution < 1.29 is 9.90 Å². The molecule has 128 valence electrons. The lowest BCUT2D eigenvalue weighted by Crippen LogP contribution is -2.43. The summed E-state index contributed by atoms with van der Waals surface area (Å²) in [5, 5.41) is 10.7. The fourth-order valence-electron chi connectivity index (χ4n) is 3.86. The Kier molecular flexibility index (Phi) is 4.28. The molecule has 1 aliphatic heterocycles. The fourth-order valence-corrected chi connectivity index (χ4v) is 3.86. The smallest absolute Gasteiger partial charge is 0.320 e. The zero-order valence-electron chi connectivity index (χ0n) is 14.1. The van der Waals surface area contributed by atoms with Crippen molar-refractivity contribution in [1.29, 1.82) is 0 Å². The number of carbonyl (C=O) groups is 1. The highest BCUT2D eigenvalue weighted by molar-refractivity contribution is 5.85. The summed E-state index contributed by atoms with van der Waals surface area (Å²) >= 11 is 0. The van der Waals surface area contributed by atoms with Crippen LogP contribution in [0.25, 0.3) is 16.6 Å². The number of piperidine rings is 1. The summed E-state index contributed by atoms with van der Waals surface area (Å²) < 4.78 is 2.20. The summed E-state index contributed by atoms with van der Waals surface area (Å²) in [7, 11) is 0. The minimum atomic E-state index is -0.702. The van der Waals surface area contributed by atoms with Gasteiger partial charge in [-0.2, -0.15) is 0 Å². The van der Waals surface area contributed by atoms with Crippen LogP contribution in [0.2, 0.25) is 0 Å². The van der Waals surface area contributed by atoms with E-state index in [9.17, 15) is 9.90 Å². The number of hydrogen-bond donors (Lipinski definition) is 1. The first kappa shape index (κ1) is 15.9. The highest BCUT2D eigenvalue weighted by atomic mass is 16.4. The maximum atomic E-state index is 11.6. The van der Waals surface area contributed by atoms with Gasteiger partial charge in [0, 0.05) is 23.8 Å². The number of fused-ring (bicyclic) bond motifs is 1. The third-order valence-electron chi connectivity index (χ3n) is 5.10. The van der Waals surface area contributed by atoms with Gasteiger partial charge in [0.05, 0.1) is 5.52 Å². The SMILES string of the molecule is O=C(O)C1CCCCN1Cc1cn(-c2ccccc2)c2ccccc12. The molecule has 0 radical (unpaired) electrons. The quantitative estimate of drug-likeness (QED) is 0.782. The number of hydrogen-bond acceptors (Lipinski definition) is 2. The van der Waals surface area contributed by atoms with E-state index in [1.54, 1.807) is 0 Å². The lowest BCUT2D eigenvalue weighted by atomic mass is 10.0. The third kappa shape index (κ3) is 3.05. The lowest BCUT2D eigenvalue weighted by Gasteiger charge is -2.32. The maximum absolute atomic E-state index is 11.6. The molecule has 4 nitrogen and oxygen atoms in total. The van der Waals surface area contributed by atoms with Crippen molar-refractivity contribution in [3.63, 3.8) is 0 Å². The predicted molar refractivity (Wildman–Crippen MR) is 99.0 cm³/mol. The zero-order valence-corrected chi connectivity index (χ0v) is 14.1. The fraction of sp³-hybridized carbons (Fsp3) is 0.286. The summed E-state index contributed by atoms with van der Waals surface area (Å²) in [5.74, 6) is -0.702. The number of rotatable bonds is 4. The van der Waals surface area contributed by atoms with Crippen molar-refractivity contribution in [2.75, 3.05) is 6.54 Å². The molecule has 1 N–H and O–H groups in total. The number of aromatic nitrogens is 1. The third-order valence-corrected chi connectivity index (χ3v) is 5.10. The highest BCUT2D eigenvalue weighted by Crippen LogP contribution is 2.28. The first-order valence-electron chi connectivity index (χ1n) is 8.85. The van der Waals surface area contributed by atoms with Crippen LogP contribution in [0.4, 0.5) is 0 Å². The molecule has 1 fully saturated rings. The highest BCUT2D eigenvalue weighted by Gasteiger charge is 2.29. The Labute approximate surface area is 147 Å². The van der Waals surface area contributed by atoms with E-state index >= 15 is 0 Å². The monoisotopic (exact) mass is 334 g/mol. The van der Waals surface area contributed by atoms with Crippen LogP contribution in [0.5, 0.6) is 0 Å². The minimum Gasteiger partial charge on any atom is -0.480 e. The van der Waals surface area contributed by atoms with E-state index in [2.05, 4.69) is 39.9 Å². The molecule has 2 heterocycles. The first-order valence-corrected chi connectivity index (χ1v) is 8.85. The van der Waals surface area contributed by atoms with Crippen LogP contribution in [0, 0.1) is 0 Å². The van der Waals surface area contributed by atoms with E-state index in [1.165, 1.54) is 10.9 Å². The summed E-state index contributed by atoms with van der Waals surface area (Å²) in [4.78, 5) is 13.7. The maximum Gasteiger partial charge on any atom is 0.320 e. The Hall–Kier alpha value is -2.59. The van der Waals surface area contributed by atoms with Gasteiger partial charge in [0.2, 0.25) is 0 Å². The molecule has 1 unspecified atom stereocenters. The molecule has 0 spiro atoms. The van der Waals surface area contributed by atoms with Gasteiger partial charge in [-0.3, -0.25) is 9.69 Å². The van der Waals surface area contributed by atoms with Crippen LogP contribution in [-0.4, -0.2) is 33.1 Å². The van der Waals surface area contributed by atoms with Crippen molar-refractivity contribution >= 4 is 16.9 Å². The molecule has 4 heteroatoms. The van der Waals surface area contributed by atoms with Gasteiger partial charge in [-0.25, -0.2) is 0 Å². The Morgan fingerprint density at radius 3 is 2.60 bits per heavy atom. The van der Waals surface area contributed by atoms with Gasteiger partial charge in [0.15, 0.2) is 0 Å². The molecule has 2 aromatic carbocycles. The Morgan fingerprint density at radius 2 is 1.80 bits per heavy atom. The molecule has 0 amide bonds. The molecule has 1 aliphatic rings. The second-order valence-electron chi connectivity index (χ2n) is 6.70. The van der Waals surface area contributed by atoms with Gasteiger partial charge in [0.25, 0.3) is 0 Å². The van der Waals surface area contributed by atoms with Gasteiger partial charge in [0.1, 0.15) is 6.04 Å². The van der Waals surface area contributed by atoms with Crippen LogP contribution in [-0.2, 0) is 11.3 Å². The molecular formula is C21H22N2O2. The molecule has 0 aliphatic carbocycles. The average Bonchev–Trinajstić information content (AvgIpc) is 3.01. The number of para-hydroxylation sites is 2. The number of carboxylic acid groups (broad SMARTS) is 1. The van der Waals surface area contributed by atoms with E-state index < -0.39 is 5.97 Å². The molecule has 25 heavy (non-hydrogen) atoms. The second-order valence-corrected chi connectivity index (χ2v) is 6.70. The number of carboxylic acids is 1. The largest absolute Gasteiger partial charge is 0.480 e. The van der Waals surface area contributed by atoms with Crippen molar-refractivity contribution in [1.82, 2.24) is 9.47 Å². The van der Waals surface area contributed by atoms with Gasteiger partial charge in [-0.15, -0.1) is 0 Å². The Bertz CT molecular complexity index is 885. The van der Waals surface area contributed by atoms with Crippen molar-refractivity contribution in [2.45, 2.75) is 31.8 Å². The van der Waals surface area contributed by atoms with Gasteiger partial charge >= 0.3 is 5.97 Å². The molecule has 0 bridgehead atoms. The minimum absolute atomic E-state index is 0.368. The molecule has 3 aromatic rings. The summed E-state index contributed by atoms with van der Waals surface area (Å²) in [6.07, 6.45) is 4.97. The van der Waals surface area contributed by atoms with Gasteiger partial charge in [-0.05, 0) is 43.1 Å². The normalized spacial score (nSPS) is 18.5. The molecule has 1 saturated heterocycles. The van der Waals surface area contributed by atoms with Crippen LogP contribution in [0.1, 0.15) is 24.8 Å². The molecule has 1 atom stereocenters. The van der Waals surface area contributed by atoms with Crippen molar-refractivity contribution in [2.24, 2.45) is 0 Å². The zero-order chi connectivity index (χ0) is 17.2. The Balaban J connectivity index is 1.74. The predicted octanol–water partition coefficient (Wildman–Crippen LogP) is 4.07. The number of likely N-dealkylation sites (tertiary alicyclic amines) is 1. The van der Waals surface area contributed by atoms with E-state index in [0.29, 0.717) is 6.54 Å². The average molecular weight is 334 g/mol. The summed E-state index contributed by atoms with van der Waals surface area (Å²) in [6, 6.07) is 18.3. The van der Waals surface area contributed by atoms with Gasteiger partial charge < -0.3 is 9.67 Å².